The van der Waals surface area contributed by atoms with Crippen molar-refractivity contribution in [1.29, 1.82) is 0 Å². The topological polar surface area (TPSA) is 45.1 Å². The second-order valence-corrected chi connectivity index (χ2v) is 7.57. The number of hydrogen-bond donors (Lipinski definition) is 2. The molecule has 1 saturated heterocycles. The summed E-state index contributed by atoms with van der Waals surface area (Å²) in [7, 11) is 0. The summed E-state index contributed by atoms with van der Waals surface area (Å²) in [6.07, 6.45) is 4.98. The van der Waals surface area contributed by atoms with E-state index >= 15 is 0 Å². The van der Waals surface area contributed by atoms with Gasteiger partial charge in [0.15, 0.2) is 5.11 Å². The highest BCUT2D eigenvalue weighted by atomic mass is 32.1. The maximum Gasteiger partial charge on any atom is 0.170 e. The molecule has 2 aromatic heterocycles. The molecule has 5 nitrogen and oxygen atoms in total. The maximum absolute atomic E-state index is 5.75. The van der Waals surface area contributed by atoms with E-state index in [0.717, 1.165) is 42.5 Å². The highest BCUT2D eigenvalue weighted by molar-refractivity contribution is 7.80. The van der Waals surface area contributed by atoms with Crippen molar-refractivity contribution in [2.75, 3.05) is 18.4 Å². The Morgan fingerprint density at radius 1 is 1.07 bits per heavy atom. The first-order chi connectivity index (χ1) is 14.3. The minimum atomic E-state index is 0.0472. The summed E-state index contributed by atoms with van der Waals surface area (Å²) >= 11 is 5.75. The lowest BCUT2D eigenvalue weighted by molar-refractivity contribution is 0.302. The van der Waals surface area contributed by atoms with Crippen LogP contribution in [0, 0.1) is 0 Å². The Morgan fingerprint density at radius 2 is 1.90 bits per heavy atom. The van der Waals surface area contributed by atoms with Crippen LogP contribution in [0.2, 0.25) is 0 Å². The molecule has 1 aliphatic heterocycles. The van der Waals surface area contributed by atoms with Gasteiger partial charge in [-0.15, -0.1) is 0 Å². The first-order valence-corrected chi connectivity index (χ1v) is 10.6. The van der Waals surface area contributed by atoms with Crippen LogP contribution >= 0.6 is 12.2 Å². The van der Waals surface area contributed by atoms with Crippen LogP contribution in [0.5, 0.6) is 0 Å². The lowest BCUT2D eigenvalue weighted by atomic mass is 10.0. The Bertz CT molecular complexity index is 925. The van der Waals surface area contributed by atoms with Gasteiger partial charge in [0, 0.05) is 43.4 Å². The number of anilines is 1. The number of pyridine rings is 1. The monoisotopic (exact) mass is 405 g/mol. The van der Waals surface area contributed by atoms with E-state index in [9.17, 15) is 0 Å². The van der Waals surface area contributed by atoms with Gasteiger partial charge in [-0.3, -0.25) is 4.98 Å². The lowest BCUT2D eigenvalue weighted by Crippen LogP contribution is -2.32. The van der Waals surface area contributed by atoms with Gasteiger partial charge in [0.05, 0.1) is 17.8 Å². The van der Waals surface area contributed by atoms with Gasteiger partial charge in [-0.05, 0) is 62.0 Å². The summed E-state index contributed by atoms with van der Waals surface area (Å²) in [5, 5.41) is 7.82. The fraction of sp³-hybridized carbons (Fsp3) is 0.304. The predicted molar refractivity (Wildman–Crippen MR) is 122 cm³/mol. The second-order valence-electron chi connectivity index (χ2n) is 7.19. The molecule has 150 valence electrons. The summed E-state index contributed by atoms with van der Waals surface area (Å²) in [5.74, 6) is 0. The Labute approximate surface area is 177 Å². The van der Waals surface area contributed by atoms with Crippen LogP contribution in [-0.2, 0) is 6.54 Å². The minimum absolute atomic E-state index is 0.0472. The van der Waals surface area contributed by atoms with E-state index in [-0.39, 0.29) is 12.1 Å². The predicted octanol–water partition coefficient (Wildman–Crippen LogP) is 4.38. The quantitative estimate of drug-likeness (QED) is 0.430. The average molecular weight is 406 g/mol. The second kappa shape index (κ2) is 9.09. The molecule has 3 heterocycles. The molecule has 4 rings (SSSR count). The summed E-state index contributed by atoms with van der Waals surface area (Å²) < 4.78 is 2.30. The van der Waals surface area contributed by atoms with Crippen LogP contribution in [0.1, 0.15) is 36.8 Å². The number of para-hydroxylation sites is 1. The van der Waals surface area contributed by atoms with Crippen molar-refractivity contribution in [1.82, 2.24) is 19.8 Å². The van der Waals surface area contributed by atoms with Gasteiger partial charge in [0.1, 0.15) is 0 Å². The molecule has 0 saturated carbocycles. The van der Waals surface area contributed by atoms with Crippen molar-refractivity contribution in [2.24, 2.45) is 0 Å². The van der Waals surface area contributed by atoms with E-state index < -0.39 is 0 Å². The Hall–Kier alpha value is -2.86. The number of hydrogen-bond acceptors (Lipinski definition) is 3. The summed E-state index contributed by atoms with van der Waals surface area (Å²) in [6, 6.07) is 20.9. The molecular formula is C23H27N5S. The third-order valence-corrected chi connectivity index (χ3v) is 5.74. The first-order valence-electron chi connectivity index (χ1n) is 10.2. The highest BCUT2D eigenvalue weighted by Gasteiger charge is 2.40. The third kappa shape index (κ3) is 4.27. The van der Waals surface area contributed by atoms with Gasteiger partial charge in [-0.2, -0.15) is 0 Å². The summed E-state index contributed by atoms with van der Waals surface area (Å²) in [6.45, 7) is 4.89. The Balaban J connectivity index is 1.52. The van der Waals surface area contributed by atoms with Crippen molar-refractivity contribution in [3.8, 4) is 0 Å². The molecule has 2 N–H and O–H groups in total. The molecule has 0 aliphatic carbocycles. The van der Waals surface area contributed by atoms with E-state index in [4.69, 9.17) is 12.2 Å². The first kappa shape index (κ1) is 19.5. The van der Waals surface area contributed by atoms with Gasteiger partial charge in [-0.1, -0.05) is 24.3 Å². The molecule has 1 aromatic carbocycles. The van der Waals surface area contributed by atoms with Crippen LogP contribution in [0.25, 0.3) is 0 Å². The average Bonchev–Trinajstić information content (AvgIpc) is 3.36. The van der Waals surface area contributed by atoms with Crippen LogP contribution in [0.4, 0.5) is 5.69 Å². The number of thiocarbonyl (C=S) groups is 1. The lowest BCUT2D eigenvalue weighted by Gasteiger charge is -2.28. The summed E-state index contributed by atoms with van der Waals surface area (Å²) in [4.78, 5) is 6.93. The number of aromatic nitrogens is 2. The fourth-order valence-corrected chi connectivity index (χ4v) is 4.32. The van der Waals surface area contributed by atoms with Crippen molar-refractivity contribution in [2.45, 2.75) is 32.0 Å². The number of aryl methyl sites for hydroxylation is 1. The molecule has 1 aliphatic rings. The highest BCUT2D eigenvalue weighted by Crippen LogP contribution is 2.38. The molecule has 29 heavy (non-hydrogen) atoms. The molecule has 0 bridgehead atoms. The molecular weight excluding hydrogens is 378 g/mol. The number of nitrogens with one attached hydrogen (secondary N) is 2. The van der Waals surface area contributed by atoms with Gasteiger partial charge >= 0.3 is 0 Å². The van der Waals surface area contributed by atoms with Crippen molar-refractivity contribution in [3.63, 3.8) is 0 Å². The Kier molecular flexibility index (Phi) is 6.10. The van der Waals surface area contributed by atoms with Gasteiger partial charge in [0.2, 0.25) is 0 Å². The van der Waals surface area contributed by atoms with Crippen LogP contribution in [-0.4, -0.2) is 32.7 Å². The molecule has 0 amide bonds. The van der Waals surface area contributed by atoms with Gasteiger partial charge in [0.25, 0.3) is 0 Å². The van der Waals surface area contributed by atoms with E-state index in [0.29, 0.717) is 0 Å². The number of nitrogens with zero attached hydrogens (tertiary/aromatic N) is 3. The van der Waals surface area contributed by atoms with Crippen molar-refractivity contribution < 1.29 is 0 Å². The zero-order chi connectivity index (χ0) is 20.1. The normalized spacial score (nSPS) is 18.7. The van der Waals surface area contributed by atoms with Gasteiger partial charge in [-0.25, -0.2) is 0 Å². The number of rotatable bonds is 8. The molecule has 0 unspecified atom stereocenters. The number of benzene rings is 1. The minimum Gasteiger partial charge on any atom is -0.385 e. The van der Waals surface area contributed by atoms with Crippen LogP contribution in [0.3, 0.4) is 0 Å². The Morgan fingerprint density at radius 3 is 2.66 bits per heavy atom. The van der Waals surface area contributed by atoms with E-state index in [1.165, 1.54) is 5.69 Å². The van der Waals surface area contributed by atoms with Crippen LogP contribution < -0.4 is 10.6 Å². The van der Waals surface area contributed by atoms with Gasteiger partial charge < -0.3 is 20.1 Å². The molecule has 1 fully saturated rings. The zero-order valence-corrected chi connectivity index (χ0v) is 17.5. The SMILES string of the molecule is CCn1cccc1[C@H]1[C@H](c2ccccn2)NC(=S)N1CCCNc1ccccc1. The largest absolute Gasteiger partial charge is 0.385 e. The molecule has 3 aromatic rings. The molecule has 0 radical (unpaired) electrons. The molecule has 6 heteroatoms. The van der Waals surface area contributed by atoms with Crippen LogP contribution in [0.15, 0.2) is 73.1 Å². The fourth-order valence-electron chi connectivity index (χ4n) is 3.99. The zero-order valence-electron chi connectivity index (χ0n) is 16.7. The maximum atomic E-state index is 5.75. The van der Waals surface area contributed by atoms with E-state index in [2.05, 4.69) is 68.5 Å². The van der Waals surface area contributed by atoms with Crippen molar-refractivity contribution in [3.05, 3.63) is 84.4 Å². The smallest absolute Gasteiger partial charge is 0.170 e. The van der Waals surface area contributed by atoms with E-state index in [1.54, 1.807) is 0 Å². The van der Waals surface area contributed by atoms with E-state index in [1.807, 2.05) is 36.5 Å². The summed E-state index contributed by atoms with van der Waals surface area (Å²) in [5.41, 5.74) is 3.44. The third-order valence-electron chi connectivity index (χ3n) is 5.38. The standard InChI is InChI=1S/C23H27N5S/c1-2-27-16-8-13-20(27)22-21(19-12-6-7-14-25-19)26-23(29)28(22)17-9-15-24-18-10-4-3-5-11-18/h3-8,10-14,16,21-22,24H,2,9,15,17H2,1H3,(H,26,29)/t21-,22-/m0/s1. The molecule has 0 spiro atoms. The van der Waals surface area contributed by atoms with Crippen molar-refractivity contribution >= 4 is 23.0 Å². The molecule has 2 atom stereocenters.